The van der Waals surface area contributed by atoms with E-state index in [2.05, 4.69) is 45.1 Å². The van der Waals surface area contributed by atoms with Crippen molar-refractivity contribution >= 4 is 5.91 Å². The maximum atomic E-state index is 12.0. The van der Waals surface area contributed by atoms with Crippen LogP contribution in [0.3, 0.4) is 0 Å². The van der Waals surface area contributed by atoms with Gasteiger partial charge in [0.05, 0.1) is 0 Å². The van der Waals surface area contributed by atoms with Crippen LogP contribution >= 0.6 is 0 Å². The fourth-order valence-electron chi connectivity index (χ4n) is 3.25. The maximum Gasteiger partial charge on any atom is 0.226 e. The van der Waals surface area contributed by atoms with E-state index in [1.54, 1.807) is 12.4 Å². The first-order chi connectivity index (χ1) is 12.6. The van der Waals surface area contributed by atoms with Crippen molar-refractivity contribution in [2.75, 3.05) is 6.54 Å². The molecule has 1 saturated heterocycles. The molecule has 26 heavy (non-hydrogen) atoms. The Labute approximate surface area is 153 Å². The van der Waals surface area contributed by atoms with E-state index in [-0.39, 0.29) is 5.91 Å². The summed E-state index contributed by atoms with van der Waals surface area (Å²) < 4.78 is 5.25. The zero-order valence-electron chi connectivity index (χ0n) is 15.2. The van der Waals surface area contributed by atoms with E-state index in [0.29, 0.717) is 55.5 Å². The smallest absolute Gasteiger partial charge is 0.226 e. The first kappa shape index (κ1) is 18.5. The van der Waals surface area contributed by atoms with Crippen LogP contribution < -0.4 is 16.2 Å². The van der Waals surface area contributed by atoms with Crippen LogP contribution in [0.5, 0.6) is 0 Å². The third kappa shape index (κ3) is 4.86. The molecule has 0 aliphatic carbocycles. The number of carbonyl (C=O) groups excluding carboxylic acids is 1. The van der Waals surface area contributed by atoms with Crippen molar-refractivity contribution in [3.63, 3.8) is 0 Å². The highest BCUT2D eigenvalue weighted by Gasteiger charge is 2.29. The molecule has 1 amide bonds. The van der Waals surface area contributed by atoms with E-state index in [4.69, 9.17) is 4.52 Å². The molecule has 0 bridgehead atoms. The number of aromatic nitrogens is 3. The second-order valence-corrected chi connectivity index (χ2v) is 6.77. The lowest BCUT2D eigenvalue weighted by Crippen LogP contribution is -2.30. The standard InChI is InChI=1S/C18H26N6O2/c1-12-15(13(2)23-22-12)8-11-20-16(25)4-3-5-17-21-18(24-26-17)14-6-9-19-10-7-14/h6-7,9-10,12-13,15,22-23H,3-5,8,11H2,1-2H3,(H,20,25). The molecular weight excluding hydrogens is 332 g/mol. The van der Waals surface area contributed by atoms with Crippen LogP contribution in [-0.4, -0.2) is 39.7 Å². The number of hydrazine groups is 1. The molecule has 1 fully saturated rings. The number of hydrogen-bond donors (Lipinski definition) is 3. The van der Waals surface area contributed by atoms with Crippen LogP contribution in [0, 0.1) is 5.92 Å². The van der Waals surface area contributed by atoms with Gasteiger partial charge in [0.2, 0.25) is 17.6 Å². The molecule has 2 aromatic rings. The molecule has 8 heteroatoms. The van der Waals surface area contributed by atoms with Crippen molar-refractivity contribution in [3.05, 3.63) is 30.4 Å². The summed E-state index contributed by atoms with van der Waals surface area (Å²) in [4.78, 5) is 20.3. The molecule has 0 spiro atoms. The molecule has 1 aliphatic rings. The largest absolute Gasteiger partial charge is 0.356 e. The minimum Gasteiger partial charge on any atom is -0.356 e. The van der Waals surface area contributed by atoms with Crippen LogP contribution in [0.15, 0.2) is 29.0 Å². The third-order valence-electron chi connectivity index (χ3n) is 4.82. The Bertz CT molecular complexity index is 695. The van der Waals surface area contributed by atoms with Crippen molar-refractivity contribution in [1.82, 2.24) is 31.3 Å². The summed E-state index contributed by atoms with van der Waals surface area (Å²) in [5.41, 5.74) is 7.34. The van der Waals surface area contributed by atoms with Crippen molar-refractivity contribution in [3.8, 4) is 11.4 Å². The summed E-state index contributed by atoms with van der Waals surface area (Å²) in [6.07, 6.45) is 6.08. The molecule has 1 aliphatic heterocycles. The van der Waals surface area contributed by atoms with E-state index in [0.717, 1.165) is 12.0 Å². The normalized spacial score (nSPS) is 22.5. The molecule has 0 radical (unpaired) electrons. The van der Waals surface area contributed by atoms with Crippen molar-refractivity contribution in [1.29, 1.82) is 0 Å². The van der Waals surface area contributed by atoms with Gasteiger partial charge in [-0.15, -0.1) is 0 Å². The van der Waals surface area contributed by atoms with Gasteiger partial charge in [-0.3, -0.25) is 20.6 Å². The summed E-state index contributed by atoms with van der Waals surface area (Å²) >= 11 is 0. The molecule has 3 rings (SSSR count). The van der Waals surface area contributed by atoms with Gasteiger partial charge in [0.15, 0.2) is 0 Å². The lowest BCUT2D eigenvalue weighted by Gasteiger charge is -2.17. The van der Waals surface area contributed by atoms with Crippen molar-refractivity contribution in [2.24, 2.45) is 5.92 Å². The van der Waals surface area contributed by atoms with E-state index in [1.807, 2.05) is 12.1 Å². The Morgan fingerprint density at radius 1 is 1.23 bits per heavy atom. The first-order valence-electron chi connectivity index (χ1n) is 9.14. The van der Waals surface area contributed by atoms with E-state index in [1.165, 1.54) is 0 Å². The fourth-order valence-corrected chi connectivity index (χ4v) is 3.25. The van der Waals surface area contributed by atoms with Crippen LogP contribution in [0.4, 0.5) is 0 Å². The topological polar surface area (TPSA) is 105 Å². The molecule has 0 aromatic carbocycles. The average molecular weight is 358 g/mol. The average Bonchev–Trinajstić information content (AvgIpc) is 3.24. The summed E-state index contributed by atoms with van der Waals surface area (Å²) in [5.74, 6) is 1.70. The zero-order chi connectivity index (χ0) is 18.4. The van der Waals surface area contributed by atoms with Crippen LogP contribution in [0.25, 0.3) is 11.4 Å². The van der Waals surface area contributed by atoms with Gasteiger partial charge in [-0.1, -0.05) is 5.16 Å². The van der Waals surface area contributed by atoms with Gasteiger partial charge >= 0.3 is 0 Å². The quantitative estimate of drug-likeness (QED) is 0.656. The minimum atomic E-state index is 0.0677. The highest BCUT2D eigenvalue weighted by Crippen LogP contribution is 2.17. The Balaban J connectivity index is 1.34. The van der Waals surface area contributed by atoms with E-state index in [9.17, 15) is 4.79 Å². The molecule has 2 aromatic heterocycles. The molecule has 8 nitrogen and oxygen atoms in total. The highest BCUT2D eigenvalue weighted by atomic mass is 16.5. The van der Waals surface area contributed by atoms with E-state index >= 15 is 0 Å². The van der Waals surface area contributed by atoms with Gasteiger partial charge in [0, 0.05) is 49.4 Å². The molecule has 2 unspecified atom stereocenters. The summed E-state index contributed by atoms with van der Waals surface area (Å²) in [6.45, 7) is 5.02. The van der Waals surface area contributed by atoms with Crippen LogP contribution in [0.2, 0.25) is 0 Å². The van der Waals surface area contributed by atoms with Gasteiger partial charge in [0.1, 0.15) is 0 Å². The van der Waals surface area contributed by atoms with Crippen molar-refractivity contribution in [2.45, 2.75) is 51.6 Å². The number of nitrogens with zero attached hydrogens (tertiary/aromatic N) is 3. The SMILES string of the molecule is CC1NNC(C)C1CCNC(=O)CCCc1nc(-c2ccncc2)no1. The predicted octanol–water partition coefficient (Wildman–Crippen LogP) is 1.46. The summed E-state index contributed by atoms with van der Waals surface area (Å²) in [5, 5.41) is 6.97. The Kier molecular flexibility index (Phi) is 6.30. The lowest BCUT2D eigenvalue weighted by atomic mass is 9.93. The van der Waals surface area contributed by atoms with E-state index < -0.39 is 0 Å². The van der Waals surface area contributed by atoms with Crippen LogP contribution in [-0.2, 0) is 11.2 Å². The van der Waals surface area contributed by atoms with Gasteiger partial charge < -0.3 is 9.84 Å². The molecule has 0 saturated carbocycles. The number of pyridine rings is 1. The second kappa shape index (κ2) is 8.86. The number of aryl methyl sites for hydroxylation is 1. The molecule has 2 atom stereocenters. The Morgan fingerprint density at radius 3 is 2.69 bits per heavy atom. The monoisotopic (exact) mass is 358 g/mol. The molecule has 3 heterocycles. The summed E-state index contributed by atoms with van der Waals surface area (Å²) in [6, 6.07) is 4.52. The van der Waals surface area contributed by atoms with Crippen LogP contribution in [0.1, 0.15) is 39.0 Å². The number of carbonyl (C=O) groups is 1. The van der Waals surface area contributed by atoms with Gasteiger partial charge in [-0.2, -0.15) is 4.98 Å². The minimum absolute atomic E-state index is 0.0677. The molecule has 140 valence electrons. The number of rotatable bonds is 8. The maximum absolute atomic E-state index is 12.0. The lowest BCUT2D eigenvalue weighted by molar-refractivity contribution is -0.121. The third-order valence-corrected chi connectivity index (χ3v) is 4.82. The molecule has 3 N–H and O–H groups in total. The van der Waals surface area contributed by atoms with Crippen molar-refractivity contribution < 1.29 is 9.32 Å². The second-order valence-electron chi connectivity index (χ2n) is 6.77. The van der Waals surface area contributed by atoms with Gasteiger partial charge in [-0.25, -0.2) is 0 Å². The number of hydrogen-bond acceptors (Lipinski definition) is 7. The number of amides is 1. The Hall–Kier alpha value is -2.32. The van der Waals surface area contributed by atoms with Gasteiger partial charge in [0.25, 0.3) is 0 Å². The summed E-state index contributed by atoms with van der Waals surface area (Å²) in [7, 11) is 0. The first-order valence-corrected chi connectivity index (χ1v) is 9.14. The van der Waals surface area contributed by atoms with Gasteiger partial charge in [-0.05, 0) is 44.7 Å². The zero-order valence-corrected chi connectivity index (χ0v) is 15.2. The highest BCUT2D eigenvalue weighted by molar-refractivity contribution is 5.75. The fraction of sp³-hybridized carbons (Fsp3) is 0.556. The Morgan fingerprint density at radius 2 is 1.96 bits per heavy atom. The number of nitrogens with one attached hydrogen (secondary N) is 3. The predicted molar refractivity (Wildman–Crippen MR) is 96.8 cm³/mol. The molecular formula is C18H26N6O2.